The third-order valence-corrected chi connectivity index (χ3v) is 4.53. The molecule has 0 spiro atoms. The summed E-state index contributed by atoms with van der Waals surface area (Å²) >= 11 is 0. The van der Waals surface area contributed by atoms with Crippen molar-refractivity contribution >= 4 is 23.3 Å². The number of hydrogen-bond acceptors (Lipinski definition) is 4. The Morgan fingerprint density at radius 1 is 1.04 bits per heavy atom. The first kappa shape index (κ1) is 17.9. The monoisotopic (exact) mass is 353 g/mol. The van der Waals surface area contributed by atoms with Crippen molar-refractivity contribution in [3.63, 3.8) is 0 Å². The highest BCUT2D eigenvalue weighted by molar-refractivity contribution is 5.99. The van der Waals surface area contributed by atoms with Crippen molar-refractivity contribution in [2.45, 2.75) is 37.8 Å². The van der Waals surface area contributed by atoms with Crippen molar-refractivity contribution < 1.29 is 9.59 Å². The predicted octanol–water partition coefficient (Wildman–Crippen LogP) is 2.61. The Morgan fingerprint density at radius 3 is 2.38 bits per heavy atom. The molecule has 0 saturated heterocycles. The van der Waals surface area contributed by atoms with Crippen LogP contribution in [0.1, 0.15) is 31.2 Å². The lowest BCUT2D eigenvalue weighted by molar-refractivity contribution is -0.121. The Morgan fingerprint density at radius 2 is 1.69 bits per heavy atom. The van der Waals surface area contributed by atoms with Crippen LogP contribution in [0.4, 0.5) is 16.2 Å². The van der Waals surface area contributed by atoms with Crippen LogP contribution in [0.25, 0.3) is 0 Å². The van der Waals surface area contributed by atoms with E-state index >= 15 is 0 Å². The quantitative estimate of drug-likeness (QED) is 0.662. The number of amides is 3. The lowest BCUT2D eigenvalue weighted by atomic mass is 9.98. The highest BCUT2D eigenvalue weighted by Gasteiger charge is 2.36. The highest BCUT2D eigenvalue weighted by atomic mass is 16.2. The Balaban J connectivity index is 1.55. The maximum atomic E-state index is 12.4. The molecule has 5 N–H and O–H groups in total. The molecule has 0 aliphatic heterocycles. The molecule has 1 fully saturated rings. The Kier molecular flexibility index (Phi) is 5.48. The molecular weight excluding hydrogens is 330 g/mol. The van der Waals surface area contributed by atoms with E-state index in [9.17, 15) is 9.59 Å². The van der Waals surface area contributed by atoms with Crippen LogP contribution in [-0.4, -0.2) is 22.5 Å². The zero-order valence-corrected chi connectivity index (χ0v) is 14.5. The summed E-state index contributed by atoms with van der Waals surface area (Å²) in [4.78, 5) is 28.4. The van der Waals surface area contributed by atoms with Crippen molar-refractivity contribution in [2.75, 3.05) is 10.6 Å². The van der Waals surface area contributed by atoms with E-state index in [0.717, 1.165) is 18.4 Å². The molecule has 1 heterocycles. The van der Waals surface area contributed by atoms with Crippen LogP contribution in [0.15, 0.2) is 48.8 Å². The minimum Gasteiger partial charge on any atom is -0.334 e. The lowest BCUT2D eigenvalue weighted by Gasteiger charge is -2.22. The van der Waals surface area contributed by atoms with Gasteiger partial charge >= 0.3 is 6.03 Å². The van der Waals surface area contributed by atoms with Crippen LogP contribution in [0.5, 0.6) is 0 Å². The van der Waals surface area contributed by atoms with Gasteiger partial charge in [0.05, 0.1) is 5.54 Å². The third-order valence-electron chi connectivity index (χ3n) is 4.53. The van der Waals surface area contributed by atoms with Crippen LogP contribution in [0, 0.1) is 0 Å². The number of rotatable bonds is 5. The van der Waals surface area contributed by atoms with Crippen LogP contribution in [0.2, 0.25) is 0 Å². The largest absolute Gasteiger partial charge is 0.334 e. The van der Waals surface area contributed by atoms with Crippen molar-refractivity contribution in [3.05, 3.63) is 54.4 Å². The van der Waals surface area contributed by atoms with Gasteiger partial charge in [0.2, 0.25) is 5.91 Å². The number of nitrogens with zero attached hydrogens (tertiary/aromatic N) is 1. The van der Waals surface area contributed by atoms with E-state index in [-0.39, 0.29) is 11.9 Å². The maximum absolute atomic E-state index is 12.4. The minimum absolute atomic E-state index is 0.172. The summed E-state index contributed by atoms with van der Waals surface area (Å²) < 4.78 is 0. The van der Waals surface area contributed by atoms with E-state index in [2.05, 4.69) is 20.9 Å². The summed E-state index contributed by atoms with van der Waals surface area (Å²) in [5.41, 5.74) is 7.54. The minimum atomic E-state index is -0.786. The summed E-state index contributed by atoms with van der Waals surface area (Å²) in [6, 6.07) is 10.4. The van der Waals surface area contributed by atoms with Crippen LogP contribution in [-0.2, 0) is 11.3 Å². The number of carbonyl (C=O) groups is 2. The fourth-order valence-corrected chi connectivity index (χ4v) is 3.02. The van der Waals surface area contributed by atoms with Gasteiger partial charge in [-0.3, -0.25) is 9.78 Å². The summed E-state index contributed by atoms with van der Waals surface area (Å²) in [6.07, 6.45) is 6.71. The van der Waals surface area contributed by atoms with Gasteiger partial charge in [-0.2, -0.15) is 0 Å². The van der Waals surface area contributed by atoms with E-state index < -0.39 is 5.54 Å². The topological polar surface area (TPSA) is 109 Å². The first-order chi connectivity index (χ1) is 12.5. The van der Waals surface area contributed by atoms with Crippen molar-refractivity contribution in [3.8, 4) is 0 Å². The molecule has 0 bridgehead atoms. The summed E-state index contributed by atoms with van der Waals surface area (Å²) in [7, 11) is 0. The fraction of sp³-hybridized carbons (Fsp3) is 0.316. The highest BCUT2D eigenvalue weighted by Crippen LogP contribution is 2.28. The number of urea groups is 1. The van der Waals surface area contributed by atoms with E-state index in [4.69, 9.17) is 5.73 Å². The van der Waals surface area contributed by atoms with Crippen LogP contribution >= 0.6 is 0 Å². The standard InChI is InChI=1S/C19H23N5O2/c20-19(8-1-2-9-19)17(25)23-15-4-3-5-16(12-15)24-18(26)22-13-14-6-10-21-11-7-14/h3-7,10-12H,1-2,8-9,13,20H2,(H,23,25)(H2,22,24,26). The van der Waals surface area contributed by atoms with Crippen molar-refractivity contribution in [1.82, 2.24) is 10.3 Å². The Bertz CT molecular complexity index is 773. The van der Waals surface area contributed by atoms with Crippen LogP contribution in [0.3, 0.4) is 0 Å². The van der Waals surface area contributed by atoms with Gasteiger partial charge in [-0.05, 0) is 48.7 Å². The number of carbonyl (C=O) groups excluding carboxylic acids is 2. The molecule has 3 rings (SSSR count). The van der Waals surface area contributed by atoms with Crippen molar-refractivity contribution in [1.29, 1.82) is 0 Å². The first-order valence-corrected chi connectivity index (χ1v) is 8.69. The molecule has 7 nitrogen and oxygen atoms in total. The van der Waals surface area contributed by atoms with Crippen molar-refractivity contribution in [2.24, 2.45) is 5.73 Å². The number of nitrogens with two attached hydrogens (primary N) is 1. The van der Waals surface area contributed by atoms with Gasteiger partial charge in [0.15, 0.2) is 0 Å². The Hall–Kier alpha value is -2.93. The average molecular weight is 353 g/mol. The first-order valence-electron chi connectivity index (χ1n) is 8.69. The number of benzene rings is 1. The summed E-state index contributed by atoms with van der Waals surface area (Å²) in [6.45, 7) is 0.403. The van der Waals surface area contributed by atoms with Gasteiger partial charge < -0.3 is 21.7 Å². The number of hydrogen-bond donors (Lipinski definition) is 4. The van der Waals surface area contributed by atoms with Gasteiger partial charge in [0, 0.05) is 30.3 Å². The molecule has 0 unspecified atom stereocenters. The molecule has 1 aliphatic rings. The van der Waals surface area contributed by atoms with Gasteiger partial charge in [-0.25, -0.2) is 4.79 Å². The lowest BCUT2D eigenvalue weighted by Crippen LogP contribution is -2.48. The van der Waals surface area contributed by atoms with Crippen LogP contribution < -0.4 is 21.7 Å². The van der Waals surface area contributed by atoms with E-state index in [0.29, 0.717) is 30.8 Å². The molecule has 26 heavy (non-hydrogen) atoms. The number of anilines is 2. The molecule has 1 aromatic carbocycles. The normalized spacial score (nSPS) is 15.3. The van der Waals surface area contributed by atoms with E-state index in [1.807, 2.05) is 12.1 Å². The summed E-state index contributed by atoms with van der Waals surface area (Å²) in [5, 5.41) is 8.38. The molecular formula is C19H23N5O2. The van der Waals surface area contributed by atoms with Gasteiger partial charge in [-0.1, -0.05) is 18.9 Å². The van der Waals surface area contributed by atoms with E-state index in [1.54, 1.807) is 36.7 Å². The Labute approximate surface area is 152 Å². The molecule has 136 valence electrons. The number of pyridine rings is 1. The zero-order valence-electron chi connectivity index (χ0n) is 14.5. The smallest absolute Gasteiger partial charge is 0.319 e. The molecule has 3 amide bonds. The fourth-order valence-electron chi connectivity index (χ4n) is 3.02. The van der Waals surface area contributed by atoms with Gasteiger partial charge in [0.25, 0.3) is 0 Å². The molecule has 1 aromatic heterocycles. The molecule has 0 atom stereocenters. The molecule has 7 heteroatoms. The second kappa shape index (κ2) is 7.97. The van der Waals surface area contributed by atoms with Gasteiger partial charge in [0.1, 0.15) is 0 Å². The molecule has 1 saturated carbocycles. The predicted molar refractivity (Wildman–Crippen MR) is 101 cm³/mol. The summed E-state index contributed by atoms with van der Waals surface area (Å²) in [5.74, 6) is -0.172. The van der Waals surface area contributed by atoms with Gasteiger partial charge in [-0.15, -0.1) is 0 Å². The molecule has 2 aromatic rings. The SMILES string of the molecule is NC1(C(=O)Nc2cccc(NC(=O)NCc3ccncc3)c2)CCCC1. The molecule has 0 radical (unpaired) electrons. The third kappa shape index (κ3) is 4.58. The average Bonchev–Trinajstić information content (AvgIpc) is 3.09. The number of aromatic nitrogens is 1. The zero-order chi connectivity index (χ0) is 18.4. The second-order valence-corrected chi connectivity index (χ2v) is 6.56. The number of nitrogens with one attached hydrogen (secondary N) is 3. The second-order valence-electron chi connectivity index (χ2n) is 6.56. The maximum Gasteiger partial charge on any atom is 0.319 e. The molecule has 1 aliphatic carbocycles. The van der Waals surface area contributed by atoms with E-state index in [1.165, 1.54) is 0 Å².